The maximum Gasteiger partial charge on any atom is 0.409 e. The van der Waals surface area contributed by atoms with Crippen LogP contribution in [0.4, 0.5) is 4.79 Å². The van der Waals surface area contributed by atoms with E-state index in [1.807, 2.05) is 31.2 Å². The Morgan fingerprint density at radius 3 is 3.00 bits per heavy atom. The van der Waals surface area contributed by atoms with Crippen LogP contribution in [0, 0.1) is 30.6 Å². The molecule has 2 fully saturated rings. The second-order valence-electron chi connectivity index (χ2n) is 6.32. The van der Waals surface area contributed by atoms with E-state index in [9.17, 15) is 9.90 Å². The Morgan fingerprint density at radius 1 is 1.45 bits per heavy atom. The first-order chi connectivity index (χ1) is 10.5. The maximum atomic E-state index is 11.7. The van der Waals surface area contributed by atoms with E-state index in [0.29, 0.717) is 25.4 Å². The highest BCUT2D eigenvalue weighted by atomic mass is 16.5. The minimum absolute atomic E-state index is 0.0175. The van der Waals surface area contributed by atoms with Crippen molar-refractivity contribution in [2.75, 3.05) is 20.2 Å². The highest BCUT2D eigenvalue weighted by molar-refractivity contribution is 5.68. The molecule has 1 saturated carbocycles. The third-order valence-corrected chi connectivity index (χ3v) is 4.82. The van der Waals surface area contributed by atoms with E-state index >= 15 is 0 Å². The van der Waals surface area contributed by atoms with Crippen molar-refractivity contribution in [3.63, 3.8) is 0 Å². The normalized spacial score (nSPS) is 29.7. The summed E-state index contributed by atoms with van der Waals surface area (Å²) in [5.41, 5.74) is 1.07. The largest absolute Gasteiger partial charge is 0.453 e. The Morgan fingerprint density at radius 2 is 2.27 bits per heavy atom. The predicted molar refractivity (Wildman–Crippen MR) is 83.2 cm³/mol. The van der Waals surface area contributed by atoms with Crippen LogP contribution >= 0.6 is 0 Å². The molecule has 4 nitrogen and oxygen atoms in total. The topological polar surface area (TPSA) is 49.8 Å². The van der Waals surface area contributed by atoms with Gasteiger partial charge in [-0.1, -0.05) is 24.0 Å². The van der Waals surface area contributed by atoms with E-state index in [4.69, 9.17) is 4.74 Å². The lowest BCUT2D eigenvalue weighted by atomic mass is 9.88. The molecule has 0 spiro atoms. The van der Waals surface area contributed by atoms with Crippen molar-refractivity contribution in [1.82, 2.24) is 4.90 Å². The number of likely N-dealkylation sites (tertiary alicyclic amines) is 1. The van der Waals surface area contributed by atoms with Gasteiger partial charge < -0.3 is 14.7 Å². The van der Waals surface area contributed by atoms with E-state index in [1.165, 1.54) is 7.11 Å². The molecule has 1 aliphatic heterocycles. The van der Waals surface area contributed by atoms with E-state index in [2.05, 4.69) is 11.8 Å². The van der Waals surface area contributed by atoms with Crippen molar-refractivity contribution in [1.29, 1.82) is 0 Å². The number of benzene rings is 1. The molecule has 1 heterocycles. The monoisotopic (exact) mass is 299 g/mol. The van der Waals surface area contributed by atoms with Gasteiger partial charge in [0.25, 0.3) is 0 Å². The van der Waals surface area contributed by atoms with Crippen LogP contribution in [-0.4, -0.2) is 41.9 Å². The lowest BCUT2D eigenvalue weighted by Gasteiger charge is -2.24. The van der Waals surface area contributed by atoms with Gasteiger partial charge in [0.15, 0.2) is 0 Å². The summed E-state index contributed by atoms with van der Waals surface area (Å²) in [6, 6.07) is 7.95. The average Bonchev–Trinajstić information content (AvgIpc) is 3.06. The third kappa shape index (κ3) is 2.69. The zero-order valence-corrected chi connectivity index (χ0v) is 13.0. The summed E-state index contributed by atoms with van der Waals surface area (Å²) in [5, 5.41) is 10.9. The van der Waals surface area contributed by atoms with Crippen molar-refractivity contribution in [2.24, 2.45) is 11.8 Å². The molecule has 1 aliphatic carbocycles. The number of aliphatic hydroxyl groups is 1. The Kier molecular flexibility index (Phi) is 3.84. The molecular formula is C18H21NO3. The quantitative estimate of drug-likeness (QED) is 0.747. The zero-order valence-electron chi connectivity index (χ0n) is 13.0. The molecule has 3 rings (SSSR count). The van der Waals surface area contributed by atoms with Crippen LogP contribution in [0.2, 0.25) is 0 Å². The summed E-state index contributed by atoms with van der Waals surface area (Å²) >= 11 is 0. The fourth-order valence-corrected chi connectivity index (χ4v) is 3.63. The fraction of sp³-hybridized carbons (Fsp3) is 0.500. The first-order valence-corrected chi connectivity index (χ1v) is 7.67. The van der Waals surface area contributed by atoms with Gasteiger partial charge in [-0.15, -0.1) is 0 Å². The van der Waals surface area contributed by atoms with Crippen LogP contribution in [0.15, 0.2) is 24.3 Å². The number of nitrogens with zero attached hydrogens (tertiary/aromatic N) is 1. The van der Waals surface area contributed by atoms with Gasteiger partial charge in [-0.3, -0.25) is 0 Å². The maximum absolute atomic E-state index is 11.7. The van der Waals surface area contributed by atoms with Crippen molar-refractivity contribution in [2.45, 2.75) is 25.4 Å². The molecule has 1 N–H and O–H groups in total. The van der Waals surface area contributed by atoms with Gasteiger partial charge in [-0.05, 0) is 43.4 Å². The second-order valence-corrected chi connectivity index (χ2v) is 6.32. The Balaban J connectivity index is 1.78. The van der Waals surface area contributed by atoms with Gasteiger partial charge in [0.1, 0.15) is 5.60 Å². The van der Waals surface area contributed by atoms with Gasteiger partial charge in [0.2, 0.25) is 0 Å². The highest BCUT2D eigenvalue weighted by Crippen LogP contribution is 2.44. The van der Waals surface area contributed by atoms with E-state index in [0.717, 1.165) is 17.5 Å². The number of methoxy groups -OCH3 is 1. The molecule has 1 unspecified atom stereocenters. The molecule has 1 aromatic carbocycles. The van der Waals surface area contributed by atoms with Crippen molar-refractivity contribution >= 4 is 6.09 Å². The molecular weight excluding hydrogens is 278 g/mol. The second kappa shape index (κ2) is 5.66. The van der Waals surface area contributed by atoms with Gasteiger partial charge in [0, 0.05) is 24.6 Å². The molecule has 0 aromatic heterocycles. The van der Waals surface area contributed by atoms with Crippen LogP contribution in [0.5, 0.6) is 0 Å². The van der Waals surface area contributed by atoms with Gasteiger partial charge in [-0.2, -0.15) is 0 Å². The molecule has 1 amide bonds. The summed E-state index contributed by atoms with van der Waals surface area (Å²) in [7, 11) is 1.39. The number of carbonyl (C=O) groups is 1. The lowest BCUT2D eigenvalue weighted by molar-refractivity contribution is 0.0543. The van der Waals surface area contributed by atoms with Crippen molar-refractivity contribution < 1.29 is 14.6 Å². The minimum Gasteiger partial charge on any atom is -0.453 e. The van der Waals surface area contributed by atoms with Gasteiger partial charge >= 0.3 is 6.09 Å². The lowest BCUT2D eigenvalue weighted by Crippen LogP contribution is -2.37. The first kappa shape index (κ1) is 14.9. The number of amides is 1. The number of hydrogen-bond acceptors (Lipinski definition) is 3. The van der Waals surface area contributed by atoms with Crippen molar-refractivity contribution in [3.8, 4) is 11.8 Å². The van der Waals surface area contributed by atoms with Crippen LogP contribution in [0.25, 0.3) is 0 Å². The van der Waals surface area contributed by atoms with Crippen LogP contribution in [0.1, 0.15) is 24.0 Å². The molecule has 2 aliphatic rings. The summed E-state index contributed by atoms with van der Waals surface area (Å²) < 4.78 is 4.78. The summed E-state index contributed by atoms with van der Waals surface area (Å²) in [6.45, 7) is 3.21. The zero-order chi connectivity index (χ0) is 15.7. The Hall–Kier alpha value is -1.99. The van der Waals surface area contributed by atoms with Crippen LogP contribution in [0.3, 0.4) is 0 Å². The van der Waals surface area contributed by atoms with Crippen LogP contribution in [-0.2, 0) is 4.74 Å². The minimum atomic E-state index is -1.00. The van der Waals surface area contributed by atoms with Gasteiger partial charge in [-0.25, -0.2) is 4.79 Å². The Labute approximate surface area is 131 Å². The van der Waals surface area contributed by atoms with E-state index < -0.39 is 5.60 Å². The summed E-state index contributed by atoms with van der Waals surface area (Å²) in [5.74, 6) is 6.51. The van der Waals surface area contributed by atoms with E-state index in [-0.39, 0.29) is 12.0 Å². The third-order valence-electron chi connectivity index (χ3n) is 4.82. The molecule has 116 valence electrons. The van der Waals surface area contributed by atoms with Crippen molar-refractivity contribution in [3.05, 3.63) is 35.4 Å². The number of ether oxygens (including phenoxy) is 1. The van der Waals surface area contributed by atoms with Crippen LogP contribution < -0.4 is 0 Å². The predicted octanol–water partition coefficient (Wildman–Crippen LogP) is 2.19. The summed E-state index contributed by atoms with van der Waals surface area (Å²) in [6.07, 6.45) is 1.26. The fourth-order valence-electron chi connectivity index (χ4n) is 3.63. The van der Waals surface area contributed by atoms with E-state index in [1.54, 1.807) is 4.90 Å². The molecule has 1 saturated heterocycles. The number of aryl methyl sites for hydroxylation is 1. The first-order valence-electron chi connectivity index (χ1n) is 7.67. The summed E-state index contributed by atoms with van der Waals surface area (Å²) in [4.78, 5) is 13.3. The molecule has 22 heavy (non-hydrogen) atoms. The highest BCUT2D eigenvalue weighted by Gasteiger charge is 2.52. The van der Waals surface area contributed by atoms with Gasteiger partial charge in [0.05, 0.1) is 7.11 Å². The standard InChI is InChI=1S/C18H21NO3/c1-13-4-3-5-14(10-13)6-8-18(21)9-7-15-11-19(12-16(15)18)17(20)22-2/h3-5,10,15-16,21H,7,9,11-12H2,1-2H3/t15-,16+,18?/m0/s1. The Bertz CT molecular complexity index is 645. The molecule has 0 radical (unpaired) electrons. The SMILES string of the molecule is COC(=O)N1C[C@@H]2CCC(O)(C#Cc3cccc(C)c3)[C@@H]2C1. The smallest absolute Gasteiger partial charge is 0.409 e. The molecule has 0 bridgehead atoms. The number of carbonyl (C=O) groups excluding carboxylic acids is 1. The number of rotatable bonds is 0. The molecule has 4 heteroatoms. The molecule has 3 atom stereocenters. The molecule has 1 aromatic rings. The number of hydrogen-bond donors (Lipinski definition) is 1. The number of fused-ring (bicyclic) bond motifs is 1. The average molecular weight is 299 g/mol.